The SMILES string of the molecule is COc1cc(N=Nc2c(S(=O)(=O)O)cc3cc(S(=O)(=O)O)cc(O)c3c2O)c(OC)cc1N=Nc1ccc(N=Nc2c(C(=O)O)[nH]n(-c3ccc(S(=O)(=O)O)cc3)c2=O)cc1C(=O)O. The van der Waals surface area contributed by atoms with Gasteiger partial charge in [0.1, 0.15) is 44.9 Å². The Kier molecular flexibility index (Phi) is 12.2. The van der Waals surface area contributed by atoms with Crippen LogP contribution in [-0.2, 0) is 30.4 Å². The third-order valence-electron chi connectivity index (χ3n) is 8.63. The predicted octanol–water partition coefficient (Wildman–Crippen LogP) is 6.13. The summed E-state index contributed by atoms with van der Waals surface area (Å²) in [4.78, 5) is 34.9. The zero-order chi connectivity index (χ0) is 47.1. The molecule has 0 saturated carbocycles. The number of hydrogen-bond acceptors (Lipinski definition) is 19. The molecule has 29 heteroatoms. The number of aromatic hydroxyl groups is 2. The number of H-pyrrole nitrogens is 1. The zero-order valence-electron chi connectivity index (χ0n) is 31.9. The summed E-state index contributed by atoms with van der Waals surface area (Å²) in [6.45, 7) is 0. The first kappa shape index (κ1) is 45.6. The number of aromatic amines is 1. The number of nitrogens with one attached hydrogen (secondary N) is 1. The fraction of sp³-hybridized carbons (Fsp3) is 0.0571. The quantitative estimate of drug-likeness (QED) is 0.0449. The largest absolute Gasteiger partial charge is 0.507 e. The van der Waals surface area contributed by atoms with Crippen LogP contribution in [0.3, 0.4) is 0 Å². The van der Waals surface area contributed by atoms with Gasteiger partial charge in [0.2, 0.25) is 0 Å². The Hall–Kier alpha value is -7.96. The van der Waals surface area contributed by atoms with Crippen molar-refractivity contribution in [2.24, 2.45) is 30.7 Å². The number of carboxylic acid groups (broad SMARTS) is 2. The molecule has 0 aliphatic heterocycles. The Labute approximate surface area is 357 Å². The van der Waals surface area contributed by atoms with Crippen LogP contribution < -0.4 is 15.0 Å². The van der Waals surface area contributed by atoms with Crippen molar-refractivity contribution in [1.29, 1.82) is 0 Å². The van der Waals surface area contributed by atoms with E-state index in [1.165, 1.54) is 26.4 Å². The highest BCUT2D eigenvalue weighted by Gasteiger charge is 2.26. The Balaban J connectivity index is 1.33. The summed E-state index contributed by atoms with van der Waals surface area (Å²) in [5.41, 5.74) is -4.77. The number of rotatable bonds is 14. The normalized spacial score (nSPS) is 12.5. The average Bonchev–Trinajstić information content (AvgIpc) is 3.56. The summed E-state index contributed by atoms with van der Waals surface area (Å²) in [6.07, 6.45) is 0. The van der Waals surface area contributed by atoms with E-state index in [1.54, 1.807) is 0 Å². The van der Waals surface area contributed by atoms with Gasteiger partial charge in [0.15, 0.2) is 17.1 Å². The lowest BCUT2D eigenvalue weighted by molar-refractivity contribution is 0.0683. The molecule has 5 aromatic carbocycles. The maximum atomic E-state index is 13.1. The van der Waals surface area contributed by atoms with Crippen molar-refractivity contribution in [3.63, 3.8) is 0 Å². The van der Waals surface area contributed by atoms with Crippen LogP contribution in [0.1, 0.15) is 20.8 Å². The lowest BCUT2D eigenvalue weighted by atomic mass is 10.1. The molecule has 26 nitrogen and oxygen atoms in total. The minimum Gasteiger partial charge on any atom is -0.507 e. The van der Waals surface area contributed by atoms with E-state index in [1.807, 2.05) is 0 Å². The highest BCUT2D eigenvalue weighted by atomic mass is 32.2. The number of ether oxygens (including phenoxy) is 2. The number of carbonyl (C=O) groups is 2. The molecule has 0 radical (unpaired) electrons. The van der Waals surface area contributed by atoms with E-state index in [9.17, 15) is 73.7 Å². The number of phenolic OH excluding ortho intramolecular Hbond substituents is 2. The molecule has 0 amide bonds. The number of fused-ring (bicyclic) bond motifs is 1. The molecule has 0 bridgehead atoms. The third kappa shape index (κ3) is 9.27. The van der Waals surface area contributed by atoms with Crippen LogP contribution >= 0.6 is 0 Å². The summed E-state index contributed by atoms with van der Waals surface area (Å²) in [5.74, 6) is -5.44. The maximum Gasteiger partial charge on any atom is 0.356 e. The van der Waals surface area contributed by atoms with Gasteiger partial charge in [-0.1, -0.05) is 0 Å². The topological polar surface area (TPSA) is 409 Å². The minimum absolute atomic E-state index is 0.0436. The fourth-order valence-electron chi connectivity index (χ4n) is 5.69. The van der Waals surface area contributed by atoms with Crippen LogP contribution in [0.2, 0.25) is 0 Å². The van der Waals surface area contributed by atoms with Crippen molar-refractivity contribution < 1.29 is 78.4 Å². The number of methoxy groups -OCH3 is 2. The second-order valence-corrected chi connectivity index (χ2v) is 16.8. The van der Waals surface area contributed by atoms with Gasteiger partial charge >= 0.3 is 11.9 Å². The Bertz CT molecular complexity index is 3440. The van der Waals surface area contributed by atoms with Crippen molar-refractivity contribution in [1.82, 2.24) is 9.78 Å². The number of azo groups is 3. The molecule has 0 fully saturated rings. The molecule has 332 valence electrons. The standard InChI is InChI=1S/C35H26N8O18S3/c1-60-25-14-23(39-40-29-27(64(57,58)59)10-15-9-19(63(54,55)56)12-24(44)28(15)32(29)45)26(61-2)13-22(25)38-37-21-8-3-16(11-20(21)34(47)48)36-41-30-31(35(49)50)42-43(33(30)46)17-4-6-18(7-5-17)62(51,52)53/h3-14,42,44-45H,1-2H3,(H,47,48)(H,49,50)(H,51,52,53)(H,54,55,56)(H,57,58,59). The number of aromatic nitrogens is 2. The van der Waals surface area contributed by atoms with E-state index in [0.717, 1.165) is 42.5 Å². The summed E-state index contributed by atoms with van der Waals surface area (Å²) in [5, 5.41) is 65.6. The molecule has 0 unspecified atom stereocenters. The van der Waals surface area contributed by atoms with Crippen LogP contribution in [0.5, 0.6) is 23.0 Å². The molecular weight excluding hydrogens is 917 g/mol. The van der Waals surface area contributed by atoms with Crippen LogP contribution in [0.15, 0.2) is 123 Å². The highest BCUT2D eigenvalue weighted by Crippen LogP contribution is 2.47. The first-order chi connectivity index (χ1) is 29.9. The zero-order valence-corrected chi connectivity index (χ0v) is 34.4. The van der Waals surface area contributed by atoms with Gasteiger partial charge in [0, 0.05) is 18.2 Å². The summed E-state index contributed by atoms with van der Waals surface area (Å²) >= 11 is 0. The van der Waals surface area contributed by atoms with Gasteiger partial charge in [-0.05, 0) is 60.0 Å². The Morgan fingerprint density at radius 3 is 1.72 bits per heavy atom. The van der Waals surface area contributed by atoms with Gasteiger partial charge in [0.25, 0.3) is 35.9 Å². The van der Waals surface area contributed by atoms with Crippen molar-refractivity contribution >= 4 is 87.2 Å². The number of benzene rings is 5. The summed E-state index contributed by atoms with van der Waals surface area (Å²) in [7, 11) is -12.4. The molecule has 0 aliphatic rings. The predicted molar refractivity (Wildman–Crippen MR) is 216 cm³/mol. The van der Waals surface area contributed by atoms with E-state index in [4.69, 9.17) is 9.47 Å². The second kappa shape index (κ2) is 17.1. The Morgan fingerprint density at radius 2 is 1.19 bits per heavy atom. The van der Waals surface area contributed by atoms with Gasteiger partial charge < -0.3 is 29.9 Å². The van der Waals surface area contributed by atoms with Gasteiger partial charge in [-0.3, -0.25) is 23.6 Å². The lowest BCUT2D eigenvalue weighted by Gasteiger charge is -2.12. The molecule has 1 aromatic heterocycles. The van der Waals surface area contributed by atoms with Crippen LogP contribution in [0.4, 0.5) is 34.1 Å². The van der Waals surface area contributed by atoms with Gasteiger partial charge in [-0.2, -0.15) is 30.4 Å². The van der Waals surface area contributed by atoms with Crippen LogP contribution in [0, 0.1) is 0 Å². The molecule has 64 heavy (non-hydrogen) atoms. The molecule has 8 N–H and O–H groups in total. The van der Waals surface area contributed by atoms with Crippen molar-refractivity contribution in [3.8, 4) is 28.7 Å². The van der Waals surface area contributed by atoms with Crippen molar-refractivity contribution in [3.05, 3.63) is 94.4 Å². The van der Waals surface area contributed by atoms with Gasteiger partial charge in [-0.15, -0.1) is 25.6 Å². The maximum absolute atomic E-state index is 13.1. The monoisotopic (exact) mass is 942 g/mol. The van der Waals surface area contributed by atoms with Gasteiger partial charge in [-0.25, -0.2) is 14.3 Å². The van der Waals surface area contributed by atoms with Crippen LogP contribution in [0.25, 0.3) is 16.5 Å². The summed E-state index contributed by atoms with van der Waals surface area (Å²) < 4.78 is 111. The highest BCUT2D eigenvalue weighted by molar-refractivity contribution is 7.86. The molecule has 0 saturated heterocycles. The number of aromatic carboxylic acids is 2. The van der Waals surface area contributed by atoms with E-state index >= 15 is 0 Å². The van der Waals surface area contributed by atoms with Crippen molar-refractivity contribution in [2.45, 2.75) is 14.7 Å². The number of carboxylic acids is 2. The lowest BCUT2D eigenvalue weighted by Crippen LogP contribution is -2.14. The number of phenols is 2. The second-order valence-electron chi connectivity index (χ2n) is 12.6. The minimum atomic E-state index is -5.23. The van der Waals surface area contributed by atoms with E-state index in [2.05, 4.69) is 35.8 Å². The molecular formula is C35H26N8O18S3. The van der Waals surface area contributed by atoms with E-state index in [0.29, 0.717) is 22.9 Å². The molecule has 6 rings (SSSR count). The average molecular weight is 943 g/mol. The molecule has 0 aliphatic carbocycles. The van der Waals surface area contributed by atoms with Gasteiger partial charge in [0.05, 0.1) is 46.3 Å². The van der Waals surface area contributed by atoms with E-state index in [-0.39, 0.29) is 39.9 Å². The summed E-state index contributed by atoms with van der Waals surface area (Å²) in [6, 6.07) is 11.7. The Morgan fingerprint density at radius 1 is 0.625 bits per heavy atom. The van der Waals surface area contributed by atoms with Crippen LogP contribution in [-0.4, -0.2) is 95.3 Å². The molecule has 0 spiro atoms. The first-order valence-corrected chi connectivity index (χ1v) is 21.3. The smallest absolute Gasteiger partial charge is 0.356 e. The molecule has 6 aromatic rings. The van der Waals surface area contributed by atoms with E-state index < -0.39 is 107 Å². The molecule has 0 atom stereocenters. The van der Waals surface area contributed by atoms with Crippen molar-refractivity contribution in [2.75, 3.05) is 14.2 Å². The number of nitrogens with zero attached hydrogens (tertiary/aromatic N) is 7. The molecule has 1 heterocycles. The third-order valence-corrected chi connectivity index (χ3v) is 11.2. The first-order valence-electron chi connectivity index (χ1n) is 17.0. The fourth-order valence-corrected chi connectivity index (χ4v) is 7.36. The number of hydrogen-bond donors (Lipinski definition) is 8.